The van der Waals surface area contributed by atoms with Gasteiger partial charge in [-0.15, -0.1) is 11.3 Å². The number of aromatic nitrogens is 2. The van der Waals surface area contributed by atoms with E-state index < -0.39 is 0 Å². The van der Waals surface area contributed by atoms with E-state index in [0.717, 1.165) is 36.1 Å². The Morgan fingerprint density at radius 3 is 2.96 bits per heavy atom. The van der Waals surface area contributed by atoms with Crippen LogP contribution in [-0.2, 0) is 29.0 Å². The predicted octanol–water partition coefficient (Wildman–Crippen LogP) is 1.31. The summed E-state index contributed by atoms with van der Waals surface area (Å²) in [6, 6.07) is 0. The van der Waals surface area contributed by atoms with Crippen molar-refractivity contribution in [2.24, 2.45) is 17.6 Å². The van der Waals surface area contributed by atoms with Crippen LogP contribution in [0.15, 0.2) is 11.1 Å². The van der Waals surface area contributed by atoms with Gasteiger partial charge in [-0.3, -0.25) is 19.0 Å². The highest BCUT2D eigenvalue weighted by atomic mass is 32.1. The summed E-state index contributed by atoms with van der Waals surface area (Å²) in [7, 11) is 0. The molecule has 144 valence electrons. The third-order valence-electron chi connectivity index (χ3n) is 5.76. The summed E-state index contributed by atoms with van der Waals surface area (Å²) < 4.78 is 1.41. The van der Waals surface area contributed by atoms with Crippen LogP contribution in [-0.4, -0.2) is 39.4 Å². The first-order valence-corrected chi connectivity index (χ1v) is 10.3. The number of rotatable bonds is 3. The van der Waals surface area contributed by atoms with Gasteiger partial charge in [-0.25, -0.2) is 4.98 Å². The molecule has 1 aliphatic carbocycles. The topological polar surface area (TPSA) is 98.3 Å². The van der Waals surface area contributed by atoms with Crippen LogP contribution in [0.2, 0.25) is 0 Å². The zero-order chi connectivity index (χ0) is 19.1. The van der Waals surface area contributed by atoms with Gasteiger partial charge in [-0.2, -0.15) is 0 Å². The molecule has 2 unspecified atom stereocenters. The van der Waals surface area contributed by atoms with Crippen molar-refractivity contribution in [3.8, 4) is 0 Å². The van der Waals surface area contributed by atoms with Crippen LogP contribution >= 0.6 is 11.3 Å². The first kappa shape index (κ1) is 18.2. The van der Waals surface area contributed by atoms with Crippen molar-refractivity contribution >= 4 is 33.4 Å². The van der Waals surface area contributed by atoms with Crippen LogP contribution in [0.1, 0.15) is 36.6 Å². The molecule has 2 aromatic heterocycles. The summed E-state index contributed by atoms with van der Waals surface area (Å²) in [5.41, 5.74) is 6.38. The van der Waals surface area contributed by atoms with Crippen molar-refractivity contribution in [2.45, 2.75) is 45.6 Å². The number of nitrogens with two attached hydrogens (primary N) is 1. The van der Waals surface area contributed by atoms with E-state index >= 15 is 0 Å². The zero-order valence-corrected chi connectivity index (χ0v) is 16.3. The van der Waals surface area contributed by atoms with E-state index in [2.05, 4.69) is 11.9 Å². The van der Waals surface area contributed by atoms with Crippen LogP contribution in [0.4, 0.5) is 0 Å². The lowest BCUT2D eigenvalue weighted by molar-refractivity contribution is -0.135. The maximum Gasteiger partial charge on any atom is 0.262 e. The van der Waals surface area contributed by atoms with Gasteiger partial charge in [-0.05, 0) is 43.6 Å². The average molecular weight is 388 g/mol. The first-order valence-electron chi connectivity index (χ1n) is 9.50. The number of piperidine rings is 1. The van der Waals surface area contributed by atoms with Gasteiger partial charge in [0.05, 0.1) is 17.6 Å². The van der Waals surface area contributed by atoms with Crippen molar-refractivity contribution in [1.82, 2.24) is 14.5 Å². The molecule has 0 aromatic carbocycles. The number of carbonyl (C=O) groups is 2. The minimum atomic E-state index is -0.369. The standard InChI is InChI=1S/C19H24N4O3S/c1-11-4-5-13-14(7-11)27-18-16(13)19(26)23(10-21-18)9-15(24)22-6-2-3-12(8-22)17(20)25/h10-12H,2-9H2,1H3,(H2,20,25). The van der Waals surface area contributed by atoms with E-state index in [4.69, 9.17) is 5.73 Å². The van der Waals surface area contributed by atoms with Gasteiger partial charge in [-0.1, -0.05) is 6.92 Å². The van der Waals surface area contributed by atoms with E-state index in [1.165, 1.54) is 15.8 Å². The third-order valence-corrected chi connectivity index (χ3v) is 6.93. The first-order chi connectivity index (χ1) is 12.9. The number of likely N-dealkylation sites (tertiary alicyclic amines) is 1. The molecule has 2 aliphatic rings. The molecule has 3 heterocycles. The summed E-state index contributed by atoms with van der Waals surface area (Å²) in [5, 5.41) is 0.686. The molecule has 27 heavy (non-hydrogen) atoms. The molecular formula is C19H24N4O3S. The molecule has 4 rings (SSSR count). The summed E-state index contributed by atoms with van der Waals surface area (Å²) in [4.78, 5) is 45.3. The molecule has 0 radical (unpaired) electrons. The predicted molar refractivity (Wildman–Crippen MR) is 104 cm³/mol. The van der Waals surface area contributed by atoms with Gasteiger partial charge in [0.1, 0.15) is 11.4 Å². The van der Waals surface area contributed by atoms with Gasteiger partial charge >= 0.3 is 0 Å². The Hall–Kier alpha value is -2.22. The average Bonchev–Trinajstić information content (AvgIpc) is 3.02. The van der Waals surface area contributed by atoms with Gasteiger partial charge in [0, 0.05) is 18.0 Å². The number of fused-ring (bicyclic) bond motifs is 3. The highest BCUT2D eigenvalue weighted by molar-refractivity contribution is 7.18. The third kappa shape index (κ3) is 3.38. The molecule has 2 atom stereocenters. The lowest BCUT2D eigenvalue weighted by atomic mass is 9.89. The summed E-state index contributed by atoms with van der Waals surface area (Å²) in [6.07, 6.45) is 5.92. The lowest BCUT2D eigenvalue weighted by Gasteiger charge is -2.31. The molecule has 1 saturated heterocycles. The fourth-order valence-electron chi connectivity index (χ4n) is 4.16. The normalized spacial score (nSPS) is 22.6. The number of primary amides is 1. The van der Waals surface area contributed by atoms with Crippen molar-refractivity contribution in [3.05, 3.63) is 27.1 Å². The number of thiophene rings is 1. The van der Waals surface area contributed by atoms with E-state index in [1.54, 1.807) is 16.2 Å². The van der Waals surface area contributed by atoms with Crippen molar-refractivity contribution < 1.29 is 9.59 Å². The van der Waals surface area contributed by atoms with Gasteiger partial charge in [0.25, 0.3) is 5.56 Å². The van der Waals surface area contributed by atoms with Crippen LogP contribution in [0.3, 0.4) is 0 Å². The highest BCUT2D eigenvalue weighted by Gasteiger charge is 2.28. The van der Waals surface area contributed by atoms with Crippen molar-refractivity contribution in [3.63, 3.8) is 0 Å². The maximum atomic E-state index is 13.0. The fourth-order valence-corrected chi connectivity index (χ4v) is 5.50. The lowest BCUT2D eigenvalue weighted by Crippen LogP contribution is -2.46. The summed E-state index contributed by atoms with van der Waals surface area (Å²) in [6.45, 7) is 3.12. The Bertz CT molecular complexity index is 964. The Kier molecular flexibility index (Phi) is 4.75. The highest BCUT2D eigenvalue weighted by Crippen LogP contribution is 2.35. The molecule has 0 bridgehead atoms. The molecule has 1 aliphatic heterocycles. The Balaban J connectivity index is 1.59. The van der Waals surface area contributed by atoms with Gasteiger partial charge in [0.2, 0.25) is 11.8 Å². The number of amides is 2. The molecule has 1 fully saturated rings. The van der Waals surface area contributed by atoms with Crippen molar-refractivity contribution in [2.75, 3.05) is 13.1 Å². The van der Waals surface area contributed by atoms with Crippen LogP contribution < -0.4 is 11.3 Å². The molecule has 0 spiro atoms. The quantitative estimate of drug-likeness (QED) is 0.857. The second kappa shape index (κ2) is 7.07. The summed E-state index contributed by atoms with van der Waals surface area (Å²) in [5.74, 6) is -0.202. The smallest absolute Gasteiger partial charge is 0.262 e. The van der Waals surface area contributed by atoms with Gasteiger partial charge < -0.3 is 10.6 Å². The minimum Gasteiger partial charge on any atom is -0.369 e. The Morgan fingerprint density at radius 1 is 1.37 bits per heavy atom. The number of nitrogens with zero attached hydrogens (tertiary/aromatic N) is 3. The largest absolute Gasteiger partial charge is 0.369 e. The van der Waals surface area contributed by atoms with Crippen LogP contribution in [0.5, 0.6) is 0 Å². The molecule has 2 aromatic rings. The second-order valence-electron chi connectivity index (χ2n) is 7.79. The molecular weight excluding hydrogens is 364 g/mol. The number of aryl methyl sites for hydroxylation is 1. The second-order valence-corrected chi connectivity index (χ2v) is 8.87. The van der Waals surface area contributed by atoms with Crippen molar-refractivity contribution in [1.29, 1.82) is 0 Å². The Morgan fingerprint density at radius 2 is 2.19 bits per heavy atom. The maximum absolute atomic E-state index is 13.0. The van der Waals surface area contributed by atoms with Crippen LogP contribution in [0.25, 0.3) is 10.2 Å². The summed E-state index contributed by atoms with van der Waals surface area (Å²) >= 11 is 1.61. The fraction of sp³-hybridized carbons (Fsp3) is 0.579. The van der Waals surface area contributed by atoms with E-state index in [0.29, 0.717) is 30.8 Å². The molecule has 8 heteroatoms. The van der Waals surface area contributed by atoms with E-state index in [1.807, 2.05) is 0 Å². The number of carbonyl (C=O) groups excluding carboxylic acids is 2. The SMILES string of the molecule is CC1CCc2c(sc3ncn(CC(=O)N4CCCC(C(N)=O)C4)c(=O)c23)C1. The van der Waals surface area contributed by atoms with E-state index in [9.17, 15) is 14.4 Å². The minimum absolute atomic E-state index is 0.0473. The monoisotopic (exact) mass is 388 g/mol. The number of hydrogen-bond donors (Lipinski definition) is 1. The molecule has 2 amide bonds. The van der Waals surface area contributed by atoms with Crippen LogP contribution in [0, 0.1) is 11.8 Å². The molecule has 2 N–H and O–H groups in total. The zero-order valence-electron chi connectivity index (χ0n) is 15.4. The molecule has 7 nitrogen and oxygen atoms in total. The number of hydrogen-bond acceptors (Lipinski definition) is 5. The molecule has 0 saturated carbocycles. The van der Waals surface area contributed by atoms with Gasteiger partial charge in [0.15, 0.2) is 0 Å². The Labute approximate surface area is 161 Å². The van der Waals surface area contributed by atoms with E-state index in [-0.39, 0.29) is 29.8 Å².